The first-order valence-corrected chi connectivity index (χ1v) is 15.6. The van der Waals surface area contributed by atoms with E-state index in [1.165, 1.54) is 0 Å². The molecule has 4 nitrogen and oxygen atoms in total. The number of sulfonamides is 1. The van der Waals surface area contributed by atoms with Crippen LogP contribution in [0, 0.1) is 7.43 Å². The molecule has 2 atom stereocenters. The SMILES string of the molecule is CC(C)(C)c1cc(CS(=O)(=O)[N-]C(c2ccccc2)C([NH-])c2ccccc2)cc(C(C)(C)C)c1.[CH3-].[Cl][Ru+3]. The van der Waals surface area contributed by atoms with E-state index in [1.807, 2.05) is 90.1 Å². The second kappa shape index (κ2) is 14.0. The van der Waals surface area contributed by atoms with Crippen LogP contribution in [-0.2, 0) is 43.9 Å². The van der Waals surface area contributed by atoms with E-state index in [4.69, 9.17) is 5.73 Å². The van der Waals surface area contributed by atoms with Crippen LogP contribution in [0.2, 0.25) is 0 Å². The molecule has 202 valence electrons. The van der Waals surface area contributed by atoms with Crippen LogP contribution in [0.15, 0.2) is 78.9 Å². The fourth-order valence-electron chi connectivity index (χ4n) is 3.87. The van der Waals surface area contributed by atoms with Crippen molar-refractivity contribution in [3.05, 3.63) is 125 Å². The van der Waals surface area contributed by atoms with Gasteiger partial charge in [-0.15, -0.1) is 12.1 Å². The molecule has 37 heavy (non-hydrogen) atoms. The van der Waals surface area contributed by atoms with Gasteiger partial charge in [-0.1, -0.05) is 132 Å². The van der Waals surface area contributed by atoms with Crippen LogP contribution in [-0.4, -0.2) is 8.42 Å². The zero-order chi connectivity index (χ0) is 27.1. The number of rotatable bonds is 7. The number of nitrogens with one attached hydrogen (secondary N) is 1. The van der Waals surface area contributed by atoms with Gasteiger partial charge in [0.1, 0.15) is 0 Å². The van der Waals surface area contributed by atoms with E-state index < -0.39 is 22.1 Å². The maximum atomic E-state index is 13.4. The Kier molecular flexibility index (Phi) is 12.7. The molecule has 7 heteroatoms. The second-order valence-corrected chi connectivity index (χ2v) is 12.7. The molecule has 3 aromatic carbocycles. The molecule has 1 N–H and O–H groups in total. The third-order valence-electron chi connectivity index (χ3n) is 5.96. The summed E-state index contributed by atoms with van der Waals surface area (Å²) in [7, 11) is 0.714. The predicted molar refractivity (Wildman–Crippen MR) is 155 cm³/mol. The molecule has 0 fully saturated rings. The minimum absolute atomic E-state index is 0. The van der Waals surface area contributed by atoms with Gasteiger partial charge in [0, 0.05) is 0 Å². The van der Waals surface area contributed by atoms with Crippen LogP contribution >= 0.6 is 9.69 Å². The Hall–Kier alpha value is -1.56. The van der Waals surface area contributed by atoms with Gasteiger partial charge in [0.15, 0.2) is 0 Å². The molecule has 0 heterocycles. The van der Waals surface area contributed by atoms with Gasteiger partial charge in [0.05, 0.1) is 15.8 Å². The summed E-state index contributed by atoms with van der Waals surface area (Å²) in [6.07, 6.45) is 0. The van der Waals surface area contributed by atoms with Crippen molar-refractivity contribution in [1.29, 1.82) is 0 Å². The van der Waals surface area contributed by atoms with Gasteiger partial charge in [0.2, 0.25) is 0 Å². The van der Waals surface area contributed by atoms with E-state index >= 15 is 0 Å². The molecular formula is C30H39ClN2O2RuS. The summed E-state index contributed by atoms with van der Waals surface area (Å²) in [5.41, 5.74) is 13.0. The van der Waals surface area contributed by atoms with Crippen molar-refractivity contribution in [3.8, 4) is 0 Å². The standard InChI is InChI=1S/C29H36N2O2S.CH3.ClH.Ru/c1-28(2,3)24-17-21(18-25(19-24)29(4,5)6)20-34(32,33)31-27(23-15-11-8-12-16-23)26(30)22-13-9-7-10-14-22;;;/h7-19,26-27,30H,20H2,1-6H3;1H3;1H;/q-2;-1;;+4/p-1. The average Bonchev–Trinajstić information content (AvgIpc) is 2.83. The minimum atomic E-state index is -3.85. The van der Waals surface area contributed by atoms with Crippen LogP contribution in [0.5, 0.6) is 0 Å². The van der Waals surface area contributed by atoms with E-state index in [-0.39, 0.29) is 24.0 Å². The first kappa shape index (κ1) is 33.5. The third kappa shape index (κ3) is 9.92. The molecular weight excluding hydrogens is 589 g/mol. The van der Waals surface area contributed by atoms with E-state index in [1.54, 1.807) is 0 Å². The zero-order valence-corrected chi connectivity index (χ0v) is 26.1. The number of benzene rings is 3. The first-order valence-electron chi connectivity index (χ1n) is 11.8. The molecule has 0 radical (unpaired) electrons. The Morgan fingerprint density at radius 2 is 1.19 bits per heavy atom. The monoisotopic (exact) mass is 628 g/mol. The van der Waals surface area contributed by atoms with Crippen molar-refractivity contribution in [2.75, 3.05) is 0 Å². The molecule has 0 bridgehead atoms. The van der Waals surface area contributed by atoms with E-state index in [9.17, 15) is 8.42 Å². The summed E-state index contributed by atoms with van der Waals surface area (Å²) in [4.78, 5) is 0. The quantitative estimate of drug-likeness (QED) is 0.193. The Balaban J connectivity index is 0.00000223. The van der Waals surface area contributed by atoms with Gasteiger partial charge in [0.25, 0.3) is 0 Å². The number of hydrogen-bond acceptors (Lipinski definition) is 2. The van der Waals surface area contributed by atoms with Gasteiger partial charge in [-0.25, -0.2) is 8.42 Å². The van der Waals surface area contributed by atoms with Gasteiger partial charge < -0.3 is 17.9 Å². The van der Waals surface area contributed by atoms with Crippen LogP contribution in [0.3, 0.4) is 0 Å². The topological polar surface area (TPSA) is 72.0 Å². The molecule has 0 saturated carbocycles. The molecule has 3 rings (SSSR count). The van der Waals surface area contributed by atoms with Crippen molar-refractivity contribution < 1.29 is 25.7 Å². The summed E-state index contributed by atoms with van der Waals surface area (Å²) in [5, 5.41) is 0. The molecule has 2 unspecified atom stereocenters. The first-order chi connectivity index (χ1) is 16.8. The number of hydrogen-bond donors (Lipinski definition) is 0. The van der Waals surface area contributed by atoms with Crippen LogP contribution < -0.4 is 0 Å². The van der Waals surface area contributed by atoms with Crippen molar-refractivity contribution in [3.63, 3.8) is 0 Å². The number of halogens is 1. The molecule has 0 aliphatic carbocycles. The molecule has 0 aliphatic heterocycles. The fraction of sp³-hybridized carbons (Fsp3) is 0.367. The predicted octanol–water partition coefficient (Wildman–Crippen LogP) is 9.16. The second-order valence-electron chi connectivity index (χ2n) is 11.0. The Labute approximate surface area is 239 Å². The molecule has 0 aromatic heterocycles. The Morgan fingerprint density at radius 3 is 1.59 bits per heavy atom. The van der Waals surface area contributed by atoms with Crippen molar-refractivity contribution in [2.24, 2.45) is 0 Å². The van der Waals surface area contributed by atoms with E-state index in [0.717, 1.165) is 22.3 Å². The van der Waals surface area contributed by atoms with E-state index in [2.05, 4.69) is 62.0 Å². The van der Waals surface area contributed by atoms with Crippen LogP contribution in [0.25, 0.3) is 10.5 Å². The molecule has 0 spiro atoms. The van der Waals surface area contributed by atoms with Crippen LogP contribution in [0.4, 0.5) is 0 Å². The average molecular weight is 628 g/mol. The summed E-state index contributed by atoms with van der Waals surface area (Å²) >= 11 is 1.82. The maximum absolute atomic E-state index is 13.4. The van der Waals surface area contributed by atoms with Gasteiger partial charge >= 0.3 is 27.0 Å². The number of nitrogens with zero attached hydrogens (tertiary/aromatic N) is 1. The molecule has 0 amide bonds. The summed E-state index contributed by atoms with van der Waals surface area (Å²) < 4.78 is 31.1. The molecule has 3 aromatic rings. The summed E-state index contributed by atoms with van der Waals surface area (Å²) in [6.45, 7) is 12.8. The van der Waals surface area contributed by atoms with Crippen molar-refractivity contribution in [2.45, 2.75) is 70.2 Å². The summed E-state index contributed by atoms with van der Waals surface area (Å²) in [6, 6.07) is 23.0. The van der Waals surface area contributed by atoms with Crippen molar-refractivity contribution in [1.82, 2.24) is 0 Å². The Morgan fingerprint density at radius 1 is 0.784 bits per heavy atom. The fourth-order valence-corrected chi connectivity index (χ4v) is 5.12. The normalized spacial score (nSPS) is 13.5. The van der Waals surface area contributed by atoms with Crippen LogP contribution in [0.1, 0.15) is 81.4 Å². The summed E-state index contributed by atoms with van der Waals surface area (Å²) in [5.74, 6) is -0.190. The van der Waals surface area contributed by atoms with Gasteiger partial charge in [-0.2, -0.15) is 0 Å². The van der Waals surface area contributed by atoms with Gasteiger partial charge in [-0.05, 0) is 27.5 Å². The Bertz CT molecular complexity index is 1170. The van der Waals surface area contributed by atoms with Gasteiger partial charge in [-0.3, -0.25) is 0 Å². The van der Waals surface area contributed by atoms with E-state index in [0.29, 0.717) is 5.56 Å². The van der Waals surface area contributed by atoms with Crippen molar-refractivity contribution >= 4 is 19.7 Å². The molecule has 0 aliphatic rings. The molecule has 0 saturated heterocycles. The third-order valence-corrected chi connectivity index (χ3v) is 7.21. The zero-order valence-electron chi connectivity index (χ0n) is 22.8.